The third-order valence-electron chi connectivity index (χ3n) is 9.29. The molecule has 3 aliphatic rings. The lowest BCUT2D eigenvalue weighted by Gasteiger charge is -2.70. The van der Waals surface area contributed by atoms with Crippen LogP contribution in [0, 0.1) is 16.7 Å². The van der Waals surface area contributed by atoms with E-state index < -0.39 is 114 Å². The van der Waals surface area contributed by atoms with Crippen LogP contribution in [0.5, 0.6) is 0 Å². The highest BCUT2D eigenvalue weighted by molar-refractivity contribution is 6.01. The fourth-order valence-electron chi connectivity index (χ4n) is 6.78. The van der Waals surface area contributed by atoms with Gasteiger partial charge in [-0.1, -0.05) is 27.7 Å². The van der Waals surface area contributed by atoms with Crippen molar-refractivity contribution < 1.29 is 66.7 Å². The van der Waals surface area contributed by atoms with Gasteiger partial charge >= 0.3 is 41.8 Å². The Morgan fingerprint density at radius 2 is 1.47 bits per heavy atom. The zero-order chi connectivity index (χ0) is 35.8. The van der Waals surface area contributed by atoms with Crippen LogP contribution in [0.1, 0.15) is 68.7 Å². The molecule has 1 saturated carbocycles. The fraction of sp³-hybridized carbons (Fsp3) is 0.733. The van der Waals surface area contributed by atoms with Crippen LogP contribution in [0.4, 0.5) is 4.79 Å². The van der Waals surface area contributed by atoms with Crippen molar-refractivity contribution in [2.75, 3.05) is 13.7 Å². The van der Waals surface area contributed by atoms with Crippen LogP contribution in [0.25, 0.3) is 0 Å². The predicted molar refractivity (Wildman–Crippen MR) is 157 cm³/mol. The van der Waals surface area contributed by atoms with Gasteiger partial charge in [0.2, 0.25) is 5.72 Å². The number of fused-ring (bicyclic) bond motifs is 1. The van der Waals surface area contributed by atoms with Gasteiger partial charge in [0.25, 0.3) is 0 Å². The van der Waals surface area contributed by atoms with Gasteiger partial charge in [-0.3, -0.25) is 28.9 Å². The smallest absolute Gasteiger partial charge is 0.360 e. The zero-order valence-electron chi connectivity index (χ0n) is 28.1. The molecular weight excluding hydrogens is 626 g/mol. The Morgan fingerprint density at radius 1 is 0.894 bits per heavy atom. The van der Waals surface area contributed by atoms with Crippen LogP contribution in [0.15, 0.2) is 4.99 Å². The average molecular weight is 670 g/mol. The van der Waals surface area contributed by atoms with Crippen LogP contribution in [0.2, 0.25) is 0 Å². The lowest BCUT2D eigenvalue weighted by Crippen LogP contribution is -2.81. The summed E-state index contributed by atoms with van der Waals surface area (Å²) in [6.07, 6.45) is -9.06. The second-order valence-corrected chi connectivity index (χ2v) is 12.9. The summed E-state index contributed by atoms with van der Waals surface area (Å²) in [4.78, 5) is 94.4. The van der Waals surface area contributed by atoms with Gasteiger partial charge in [0.1, 0.15) is 24.7 Å². The van der Waals surface area contributed by atoms with Gasteiger partial charge in [-0.15, -0.1) is 0 Å². The maximum Gasteiger partial charge on any atom is 0.360 e. The van der Waals surface area contributed by atoms with Gasteiger partial charge in [-0.25, -0.2) is 9.59 Å². The second kappa shape index (κ2) is 13.4. The van der Waals surface area contributed by atoms with E-state index in [0.29, 0.717) is 0 Å². The van der Waals surface area contributed by atoms with Crippen molar-refractivity contribution in [1.82, 2.24) is 4.90 Å². The molecule has 0 spiro atoms. The van der Waals surface area contributed by atoms with Gasteiger partial charge < -0.3 is 38.9 Å². The number of nitrogens with zero attached hydrogens (tertiary/aromatic N) is 2. The number of amidine groups is 1. The van der Waals surface area contributed by atoms with Crippen molar-refractivity contribution >= 4 is 47.7 Å². The van der Waals surface area contributed by atoms with Gasteiger partial charge in [0.05, 0.1) is 13.2 Å². The van der Waals surface area contributed by atoms with Gasteiger partial charge in [-0.2, -0.15) is 4.99 Å². The molecule has 2 amide bonds. The number of amides is 2. The summed E-state index contributed by atoms with van der Waals surface area (Å²) in [6.45, 7) is 12.1. The molecule has 0 aromatic carbocycles. The van der Waals surface area contributed by atoms with E-state index in [9.17, 15) is 33.6 Å². The molecule has 2 heterocycles. The lowest BCUT2D eigenvalue weighted by atomic mass is 9.42. The minimum absolute atomic E-state index is 0.0383. The number of hydrogen-bond acceptors (Lipinski definition) is 15. The largest absolute Gasteiger partial charge is 0.465 e. The number of carbonyl (C=O) groups excluding carboxylic acids is 7. The van der Waals surface area contributed by atoms with Crippen LogP contribution < -0.4 is 5.73 Å². The molecule has 1 saturated heterocycles. The standard InChI is InChI=1S/C30H43N3O14/c1-13(34)42-12-19(44-15(3)36)22(46-17(5)38)23-21(45-16(4)37)18(43-14(2)35)11-30(47-23,26(39)41-10)33-24-20(25(31)32-27(33)40)28(6,7)29(24,8)9/h18-24H,11-12H2,1-10H3,(H2,31,32,40)/t18-,19+,20+,21+,22+,23+,24+,30+/m0/s1. The van der Waals surface area contributed by atoms with Gasteiger partial charge in [0, 0.05) is 47.0 Å². The monoisotopic (exact) mass is 669 g/mol. The van der Waals surface area contributed by atoms with E-state index in [1.54, 1.807) is 0 Å². The van der Waals surface area contributed by atoms with Gasteiger partial charge in [-0.05, 0) is 10.8 Å². The number of ether oxygens (including phenoxy) is 7. The summed E-state index contributed by atoms with van der Waals surface area (Å²) < 4.78 is 38.8. The summed E-state index contributed by atoms with van der Waals surface area (Å²) in [5.74, 6) is -6.08. The Kier molecular flexibility index (Phi) is 10.6. The highest BCUT2D eigenvalue weighted by atomic mass is 16.7. The van der Waals surface area contributed by atoms with Crippen LogP contribution in [-0.4, -0.2) is 109 Å². The van der Waals surface area contributed by atoms with Crippen LogP contribution in [0.3, 0.4) is 0 Å². The molecule has 3 rings (SSSR count). The highest BCUT2D eigenvalue weighted by Gasteiger charge is 2.73. The number of hydrogen-bond donors (Lipinski definition) is 1. The first-order valence-corrected chi connectivity index (χ1v) is 14.9. The molecule has 2 fully saturated rings. The molecule has 1 aliphatic carbocycles. The third kappa shape index (κ3) is 6.89. The Labute approximate surface area is 271 Å². The van der Waals surface area contributed by atoms with Crippen molar-refractivity contribution in [2.45, 2.75) is 111 Å². The molecule has 17 nitrogen and oxygen atoms in total. The maximum atomic E-state index is 14.0. The molecule has 0 aromatic rings. The predicted octanol–water partition coefficient (Wildman–Crippen LogP) is 0.778. The summed E-state index contributed by atoms with van der Waals surface area (Å²) in [7, 11) is 1.03. The number of rotatable bonds is 10. The maximum absolute atomic E-state index is 14.0. The molecule has 0 aromatic heterocycles. The lowest BCUT2D eigenvalue weighted by molar-refractivity contribution is -0.309. The first-order chi connectivity index (χ1) is 21.6. The number of methoxy groups -OCH3 is 1. The molecule has 0 radical (unpaired) electrons. The van der Waals surface area contributed by atoms with E-state index in [0.717, 1.165) is 46.6 Å². The molecule has 0 bridgehead atoms. The summed E-state index contributed by atoms with van der Waals surface area (Å²) in [5.41, 5.74) is 2.51. The first-order valence-electron chi connectivity index (χ1n) is 14.9. The summed E-state index contributed by atoms with van der Waals surface area (Å²) in [5, 5.41) is 0. The molecule has 47 heavy (non-hydrogen) atoms. The highest BCUT2D eigenvalue weighted by Crippen LogP contribution is 2.64. The fourth-order valence-corrected chi connectivity index (χ4v) is 6.78. The molecular formula is C30H43N3O14. The molecule has 8 atom stereocenters. The number of carbonyl (C=O) groups is 7. The van der Waals surface area contributed by atoms with Crippen molar-refractivity contribution in [3.05, 3.63) is 0 Å². The van der Waals surface area contributed by atoms with E-state index in [4.69, 9.17) is 38.9 Å². The number of aliphatic imine (C=N–C) groups is 1. The number of esters is 6. The Bertz CT molecular complexity index is 1360. The Hall–Kier alpha value is -4.28. The van der Waals surface area contributed by atoms with Crippen molar-refractivity contribution in [3.63, 3.8) is 0 Å². The minimum Gasteiger partial charge on any atom is -0.465 e. The summed E-state index contributed by atoms with van der Waals surface area (Å²) >= 11 is 0. The number of nitrogens with two attached hydrogens (primary N) is 1. The Morgan fingerprint density at radius 3 is 1.96 bits per heavy atom. The van der Waals surface area contributed by atoms with E-state index in [1.807, 2.05) is 27.7 Å². The third-order valence-corrected chi connectivity index (χ3v) is 9.29. The summed E-state index contributed by atoms with van der Waals surface area (Å²) in [6, 6.07) is -1.81. The Balaban J connectivity index is 2.36. The van der Waals surface area contributed by atoms with Crippen molar-refractivity contribution in [3.8, 4) is 0 Å². The SMILES string of the molecule is COC(=O)[C@@]1(N2C(=O)N=C(N)[C@H]3[C@@H]2C(C)(C)C3(C)C)C[C@H](OC(C)=O)[C@@H](OC(C)=O)[C@H]([C@H](OC(C)=O)[C@@H](COC(C)=O)OC(C)=O)O1. The molecule has 17 heteroatoms. The van der Waals surface area contributed by atoms with Crippen LogP contribution in [-0.2, 0) is 61.9 Å². The topological polar surface area (TPSA) is 226 Å². The molecule has 262 valence electrons. The van der Waals surface area contributed by atoms with E-state index in [2.05, 4.69) is 4.99 Å². The first kappa shape index (κ1) is 37.2. The van der Waals surface area contributed by atoms with Crippen molar-refractivity contribution in [1.29, 1.82) is 0 Å². The normalized spacial score (nSPS) is 30.2. The number of urea groups is 1. The second-order valence-electron chi connectivity index (χ2n) is 12.9. The van der Waals surface area contributed by atoms with Crippen molar-refractivity contribution in [2.24, 2.45) is 27.5 Å². The molecule has 2 N–H and O–H groups in total. The quantitative estimate of drug-likeness (QED) is 0.250. The van der Waals surface area contributed by atoms with E-state index in [-0.39, 0.29) is 5.84 Å². The zero-order valence-corrected chi connectivity index (χ0v) is 28.1. The minimum atomic E-state index is -2.48. The van der Waals surface area contributed by atoms with E-state index in [1.165, 1.54) is 0 Å². The van der Waals surface area contributed by atoms with Gasteiger partial charge in [0.15, 0.2) is 18.3 Å². The molecule has 0 unspecified atom stereocenters. The molecule has 2 aliphatic heterocycles. The van der Waals surface area contributed by atoms with Crippen LogP contribution >= 0.6 is 0 Å². The average Bonchev–Trinajstić information content (AvgIpc) is 2.93. The van der Waals surface area contributed by atoms with E-state index >= 15 is 0 Å².